The highest BCUT2D eigenvalue weighted by atomic mass is 32.2. The molecule has 0 saturated carbocycles. The van der Waals surface area contributed by atoms with Crippen LogP contribution in [0.4, 0.5) is 0 Å². The average molecular weight is 401 g/mol. The molecule has 7 nitrogen and oxygen atoms in total. The number of nitrogens with one attached hydrogen (secondary N) is 2. The topological polar surface area (TPSA) is 95.6 Å². The number of hydrogen-bond donors (Lipinski definition) is 2. The Morgan fingerprint density at radius 1 is 0.929 bits per heavy atom. The lowest BCUT2D eigenvalue weighted by atomic mass is 10.2. The molecule has 2 aromatic rings. The summed E-state index contributed by atoms with van der Waals surface area (Å²) < 4.78 is 27.0. The van der Waals surface area contributed by atoms with Gasteiger partial charge in [-0.05, 0) is 30.5 Å². The van der Waals surface area contributed by atoms with Crippen molar-refractivity contribution < 1.29 is 18.0 Å². The zero-order valence-electron chi connectivity index (χ0n) is 15.4. The minimum atomic E-state index is -3.62. The number of hydrogen-bond acceptors (Lipinski definition) is 4. The largest absolute Gasteiger partial charge is 0.346 e. The molecule has 2 N–H and O–H groups in total. The van der Waals surface area contributed by atoms with E-state index in [9.17, 15) is 18.0 Å². The number of sulfonamides is 1. The molecule has 1 saturated heterocycles. The van der Waals surface area contributed by atoms with Crippen LogP contribution in [-0.4, -0.2) is 43.7 Å². The summed E-state index contributed by atoms with van der Waals surface area (Å²) in [4.78, 5) is 24.3. The van der Waals surface area contributed by atoms with Crippen molar-refractivity contribution in [2.45, 2.75) is 30.3 Å². The number of rotatable bonds is 6. The van der Waals surface area contributed by atoms with Crippen LogP contribution < -0.4 is 10.6 Å². The molecular formula is C20H23N3O4S. The van der Waals surface area contributed by atoms with E-state index in [1.54, 1.807) is 30.3 Å². The van der Waals surface area contributed by atoms with Crippen molar-refractivity contribution >= 4 is 21.8 Å². The first-order valence-electron chi connectivity index (χ1n) is 9.15. The second-order valence-corrected chi connectivity index (χ2v) is 8.49. The number of nitrogens with zero attached hydrogens (tertiary/aromatic N) is 1. The number of carbonyl (C=O) groups excluding carboxylic acids is 2. The summed E-state index contributed by atoms with van der Waals surface area (Å²) in [6, 6.07) is 17.1. The summed E-state index contributed by atoms with van der Waals surface area (Å²) in [5, 5.41) is 5.12. The van der Waals surface area contributed by atoms with Crippen molar-refractivity contribution in [3.05, 3.63) is 66.2 Å². The maximum Gasteiger partial charge on any atom is 0.309 e. The molecule has 0 bridgehead atoms. The van der Waals surface area contributed by atoms with E-state index < -0.39 is 21.8 Å². The highest BCUT2D eigenvalue weighted by molar-refractivity contribution is 7.89. The predicted octanol–water partition coefficient (Wildman–Crippen LogP) is 1.27. The van der Waals surface area contributed by atoms with E-state index in [1.165, 1.54) is 4.31 Å². The van der Waals surface area contributed by atoms with Crippen LogP contribution in [0.5, 0.6) is 0 Å². The Morgan fingerprint density at radius 2 is 1.54 bits per heavy atom. The molecule has 2 amide bonds. The van der Waals surface area contributed by atoms with E-state index in [2.05, 4.69) is 10.6 Å². The molecule has 1 heterocycles. The molecular weight excluding hydrogens is 378 g/mol. The third kappa shape index (κ3) is 4.76. The van der Waals surface area contributed by atoms with Crippen molar-refractivity contribution in [3.8, 4) is 0 Å². The fraction of sp³-hybridized carbons (Fsp3) is 0.300. The molecule has 2 aromatic carbocycles. The summed E-state index contributed by atoms with van der Waals surface area (Å²) in [7, 11) is -3.62. The maximum atomic E-state index is 12.8. The van der Waals surface area contributed by atoms with Crippen LogP contribution in [0.25, 0.3) is 0 Å². The highest BCUT2D eigenvalue weighted by Gasteiger charge is 2.35. The van der Waals surface area contributed by atoms with Crippen LogP contribution in [0.15, 0.2) is 65.6 Å². The lowest BCUT2D eigenvalue weighted by molar-refractivity contribution is -0.139. The molecule has 1 atom stereocenters. The standard InChI is InChI=1S/C20H23N3O4S/c24-19(21-14-16-8-3-1-4-9-16)20(25)22-15-17-10-7-13-23(17)28(26,27)18-11-5-2-6-12-18/h1-6,8-9,11-12,17H,7,10,13-15H2,(H,21,24)(H,22,25). The summed E-state index contributed by atoms with van der Waals surface area (Å²) in [5.41, 5.74) is 0.888. The van der Waals surface area contributed by atoms with Crippen molar-refractivity contribution in [3.63, 3.8) is 0 Å². The lowest BCUT2D eigenvalue weighted by Crippen LogP contribution is -2.46. The van der Waals surface area contributed by atoms with Crippen LogP contribution in [0, 0.1) is 0 Å². The molecule has 0 aliphatic carbocycles. The number of benzene rings is 2. The molecule has 1 aliphatic rings. The van der Waals surface area contributed by atoms with Gasteiger partial charge in [0.15, 0.2) is 0 Å². The lowest BCUT2D eigenvalue weighted by Gasteiger charge is -2.24. The fourth-order valence-corrected chi connectivity index (χ4v) is 4.92. The summed E-state index contributed by atoms with van der Waals surface area (Å²) >= 11 is 0. The van der Waals surface area contributed by atoms with Crippen LogP contribution >= 0.6 is 0 Å². The molecule has 1 fully saturated rings. The SMILES string of the molecule is O=C(NCc1ccccc1)C(=O)NCC1CCCN1S(=O)(=O)c1ccccc1. The summed E-state index contributed by atoms with van der Waals surface area (Å²) in [6.45, 7) is 0.757. The van der Waals surface area contributed by atoms with Crippen LogP contribution in [0.1, 0.15) is 18.4 Å². The van der Waals surface area contributed by atoms with E-state index in [4.69, 9.17) is 0 Å². The van der Waals surface area contributed by atoms with Gasteiger partial charge in [-0.2, -0.15) is 4.31 Å². The maximum absolute atomic E-state index is 12.8. The Bertz CT molecular complexity index is 917. The Balaban J connectivity index is 1.54. The van der Waals surface area contributed by atoms with E-state index in [1.807, 2.05) is 30.3 Å². The van der Waals surface area contributed by atoms with E-state index >= 15 is 0 Å². The van der Waals surface area contributed by atoms with Crippen LogP contribution in [-0.2, 0) is 26.2 Å². The number of amides is 2. The average Bonchev–Trinajstić information content (AvgIpc) is 3.21. The van der Waals surface area contributed by atoms with E-state index in [0.717, 1.165) is 5.56 Å². The minimum Gasteiger partial charge on any atom is -0.346 e. The fourth-order valence-electron chi connectivity index (χ4n) is 3.21. The molecule has 1 aliphatic heterocycles. The summed E-state index contributed by atoms with van der Waals surface area (Å²) in [5.74, 6) is -1.50. The number of carbonyl (C=O) groups is 2. The smallest absolute Gasteiger partial charge is 0.309 e. The van der Waals surface area contributed by atoms with Crippen molar-refractivity contribution in [1.29, 1.82) is 0 Å². The van der Waals surface area contributed by atoms with Crippen molar-refractivity contribution in [2.75, 3.05) is 13.1 Å². The van der Waals surface area contributed by atoms with Gasteiger partial charge < -0.3 is 10.6 Å². The van der Waals surface area contributed by atoms with Gasteiger partial charge in [0, 0.05) is 25.7 Å². The second-order valence-electron chi connectivity index (χ2n) is 6.60. The van der Waals surface area contributed by atoms with Gasteiger partial charge in [-0.1, -0.05) is 48.5 Å². The Morgan fingerprint density at radius 3 is 2.21 bits per heavy atom. The molecule has 1 unspecified atom stereocenters. The Labute approximate surface area is 164 Å². The molecule has 28 heavy (non-hydrogen) atoms. The molecule has 3 rings (SSSR count). The molecule has 0 aromatic heterocycles. The van der Waals surface area contributed by atoms with Gasteiger partial charge in [-0.15, -0.1) is 0 Å². The minimum absolute atomic E-state index is 0.101. The first-order valence-corrected chi connectivity index (χ1v) is 10.6. The zero-order valence-corrected chi connectivity index (χ0v) is 16.2. The van der Waals surface area contributed by atoms with Gasteiger partial charge in [-0.25, -0.2) is 8.42 Å². The van der Waals surface area contributed by atoms with E-state index in [0.29, 0.717) is 19.4 Å². The van der Waals surface area contributed by atoms with Gasteiger partial charge in [0.1, 0.15) is 0 Å². The molecule has 148 valence electrons. The molecule has 0 radical (unpaired) electrons. The van der Waals surface area contributed by atoms with Crippen molar-refractivity contribution in [1.82, 2.24) is 14.9 Å². The first kappa shape index (κ1) is 20.0. The third-order valence-electron chi connectivity index (χ3n) is 4.67. The monoisotopic (exact) mass is 401 g/mol. The second kappa shape index (κ2) is 8.99. The predicted molar refractivity (Wildman–Crippen MR) is 105 cm³/mol. The zero-order chi connectivity index (χ0) is 20.0. The normalized spacial score (nSPS) is 17.2. The van der Waals surface area contributed by atoms with E-state index in [-0.39, 0.29) is 24.0 Å². The quantitative estimate of drug-likeness (QED) is 0.713. The third-order valence-corrected chi connectivity index (χ3v) is 6.64. The highest BCUT2D eigenvalue weighted by Crippen LogP contribution is 2.25. The van der Waals surface area contributed by atoms with Crippen molar-refractivity contribution in [2.24, 2.45) is 0 Å². The van der Waals surface area contributed by atoms with Crippen LogP contribution in [0.3, 0.4) is 0 Å². The molecule has 0 spiro atoms. The van der Waals surface area contributed by atoms with Gasteiger partial charge in [-0.3, -0.25) is 9.59 Å². The van der Waals surface area contributed by atoms with Gasteiger partial charge in [0.05, 0.1) is 4.90 Å². The Hall–Kier alpha value is -2.71. The van der Waals surface area contributed by atoms with Crippen LogP contribution in [0.2, 0.25) is 0 Å². The van der Waals surface area contributed by atoms with Gasteiger partial charge in [0.25, 0.3) is 0 Å². The van der Waals surface area contributed by atoms with Gasteiger partial charge >= 0.3 is 11.8 Å². The Kier molecular flexibility index (Phi) is 6.43. The van der Waals surface area contributed by atoms with Gasteiger partial charge in [0.2, 0.25) is 10.0 Å². The molecule has 8 heteroatoms. The first-order chi connectivity index (χ1) is 13.5. The summed E-state index contributed by atoms with van der Waals surface area (Å²) in [6.07, 6.45) is 1.35.